The first kappa shape index (κ1) is 11.4. The average molecular weight is 242 g/mol. The van der Waals surface area contributed by atoms with Crippen LogP contribution in [0.2, 0.25) is 0 Å². The largest absolute Gasteiger partial charge is 0.324 e. The van der Waals surface area contributed by atoms with E-state index in [1.54, 1.807) is 0 Å². The van der Waals surface area contributed by atoms with Crippen molar-refractivity contribution >= 4 is 0 Å². The number of nitrogens with two attached hydrogens (primary N) is 1. The third kappa shape index (κ3) is 1.82. The Morgan fingerprint density at radius 1 is 1.28 bits per heavy atom. The fourth-order valence-electron chi connectivity index (χ4n) is 2.43. The van der Waals surface area contributed by atoms with Crippen LogP contribution in [0.25, 0.3) is 11.4 Å². The summed E-state index contributed by atoms with van der Waals surface area (Å²) in [6.45, 7) is 4.68. The standard InChI is InChI=1S/C14H18N4/c1-9-3-6-12(10(2)7-9)14-17-16-13(8-15)18(14)11-4-5-11/h3,6-7,11H,4-5,8,15H2,1-2H3. The molecule has 0 aliphatic heterocycles. The molecule has 3 rings (SSSR count). The van der Waals surface area contributed by atoms with E-state index in [-0.39, 0.29) is 0 Å². The summed E-state index contributed by atoms with van der Waals surface area (Å²) >= 11 is 0. The lowest BCUT2D eigenvalue weighted by Gasteiger charge is -2.10. The summed E-state index contributed by atoms with van der Waals surface area (Å²) in [5.41, 5.74) is 9.43. The molecule has 1 aliphatic rings. The van der Waals surface area contributed by atoms with Crippen LogP contribution >= 0.6 is 0 Å². The first-order valence-corrected chi connectivity index (χ1v) is 6.42. The lowest BCUT2D eigenvalue weighted by molar-refractivity contribution is 0.687. The quantitative estimate of drug-likeness (QED) is 0.898. The lowest BCUT2D eigenvalue weighted by atomic mass is 10.1. The summed E-state index contributed by atoms with van der Waals surface area (Å²) in [5, 5.41) is 8.57. The number of benzene rings is 1. The summed E-state index contributed by atoms with van der Waals surface area (Å²) in [7, 11) is 0. The summed E-state index contributed by atoms with van der Waals surface area (Å²) in [6.07, 6.45) is 2.42. The van der Waals surface area contributed by atoms with Gasteiger partial charge in [-0.3, -0.25) is 0 Å². The Balaban J connectivity index is 2.13. The Hall–Kier alpha value is -1.68. The number of rotatable bonds is 3. The van der Waals surface area contributed by atoms with Crippen molar-refractivity contribution in [2.75, 3.05) is 0 Å². The SMILES string of the molecule is Cc1ccc(-c2nnc(CN)n2C2CC2)c(C)c1. The van der Waals surface area contributed by atoms with Gasteiger partial charge < -0.3 is 10.3 Å². The van der Waals surface area contributed by atoms with Crippen LogP contribution in [-0.4, -0.2) is 14.8 Å². The zero-order valence-electron chi connectivity index (χ0n) is 10.8. The van der Waals surface area contributed by atoms with Crippen LogP contribution in [0, 0.1) is 13.8 Å². The van der Waals surface area contributed by atoms with E-state index in [1.165, 1.54) is 29.5 Å². The summed E-state index contributed by atoms with van der Waals surface area (Å²) in [5.74, 6) is 1.86. The predicted molar refractivity (Wildman–Crippen MR) is 71.1 cm³/mol. The topological polar surface area (TPSA) is 56.7 Å². The van der Waals surface area contributed by atoms with E-state index in [0.29, 0.717) is 12.6 Å². The second kappa shape index (κ2) is 4.21. The van der Waals surface area contributed by atoms with Crippen molar-refractivity contribution in [3.05, 3.63) is 35.2 Å². The Bertz CT molecular complexity index is 581. The van der Waals surface area contributed by atoms with Gasteiger partial charge in [0, 0.05) is 11.6 Å². The van der Waals surface area contributed by atoms with Gasteiger partial charge >= 0.3 is 0 Å². The summed E-state index contributed by atoms with van der Waals surface area (Å²) < 4.78 is 2.22. The molecular weight excluding hydrogens is 224 g/mol. The highest BCUT2D eigenvalue weighted by atomic mass is 15.3. The minimum Gasteiger partial charge on any atom is -0.324 e. The van der Waals surface area contributed by atoms with Crippen LogP contribution in [0.3, 0.4) is 0 Å². The van der Waals surface area contributed by atoms with Gasteiger partial charge in [-0.25, -0.2) is 0 Å². The Morgan fingerprint density at radius 3 is 2.67 bits per heavy atom. The molecular formula is C14H18N4. The molecule has 0 unspecified atom stereocenters. The number of aryl methyl sites for hydroxylation is 2. The average Bonchev–Trinajstić information content (AvgIpc) is 3.09. The fraction of sp³-hybridized carbons (Fsp3) is 0.429. The fourth-order valence-corrected chi connectivity index (χ4v) is 2.43. The van der Waals surface area contributed by atoms with Gasteiger partial charge in [-0.15, -0.1) is 10.2 Å². The van der Waals surface area contributed by atoms with Crippen LogP contribution in [0.15, 0.2) is 18.2 Å². The van der Waals surface area contributed by atoms with E-state index < -0.39 is 0 Å². The monoisotopic (exact) mass is 242 g/mol. The molecule has 1 aromatic carbocycles. The number of hydrogen-bond donors (Lipinski definition) is 1. The molecule has 0 saturated heterocycles. The lowest BCUT2D eigenvalue weighted by Crippen LogP contribution is -2.08. The maximum Gasteiger partial charge on any atom is 0.164 e. The molecule has 2 aromatic rings. The molecule has 94 valence electrons. The van der Waals surface area contributed by atoms with Gasteiger partial charge in [0.05, 0.1) is 6.54 Å². The second-order valence-corrected chi connectivity index (χ2v) is 5.06. The van der Waals surface area contributed by atoms with Crippen LogP contribution in [0.5, 0.6) is 0 Å². The van der Waals surface area contributed by atoms with Crippen molar-refractivity contribution in [3.63, 3.8) is 0 Å². The third-order valence-electron chi connectivity index (χ3n) is 3.48. The van der Waals surface area contributed by atoms with E-state index in [2.05, 4.69) is 46.8 Å². The highest BCUT2D eigenvalue weighted by Crippen LogP contribution is 2.39. The molecule has 0 bridgehead atoms. The first-order valence-electron chi connectivity index (χ1n) is 6.42. The molecule has 1 heterocycles. The Kier molecular flexibility index (Phi) is 2.67. The van der Waals surface area contributed by atoms with Crippen LogP contribution in [0.1, 0.15) is 35.8 Å². The molecule has 4 heteroatoms. The number of hydrogen-bond acceptors (Lipinski definition) is 3. The Morgan fingerprint density at radius 2 is 2.06 bits per heavy atom. The molecule has 1 aliphatic carbocycles. The number of aromatic nitrogens is 3. The molecule has 0 atom stereocenters. The minimum atomic E-state index is 0.453. The van der Waals surface area contributed by atoms with Gasteiger partial charge in [0.25, 0.3) is 0 Å². The molecule has 0 amide bonds. The van der Waals surface area contributed by atoms with Gasteiger partial charge in [-0.2, -0.15) is 0 Å². The molecule has 2 N–H and O–H groups in total. The van der Waals surface area contributed by atoms with Crippen molar-refractivity contribution in [1.82, 2.24) is 14.8 Å². The molecule has 0 spiro atoms. The minimum absolute atomic E-state index is 0.453. The van der Waals surface area contributed by atoms with E-state index in [9.17, 15) is 0 Å². The number of nitrogens with zero attached hydrogens (tertiary/aromatic N) is 3. The first-order chi connectivity index (χ1) is 8.70. The van der Waals surface area contributed by atoms with Crippen molar-refractivity contribution in [2.24, 2.45) is 5.73 Å². The van der Waals surface area contributed by atoms with Crippen LogP contribution in [-0.2, 0) is 6.54 Å². The maximum absolute atomic E-state index is 5.75. The van der Waals surface area contributed by atoms with Gasteiger partial charge in [-0.05, 0) is 32.3 Å². The molecule has 18 heavy (non-hydrogen) atoms. The zero-order chi connectivity index (χ0) is 12.7. The normalized spacial score (nSPS) is 15.1. The van der Waals surface area contributed by atoms with E-state index in [0.717, 1.165) is 11.6 Å². The van der Waals surface area contributed by atoms with Crippen molar-refractivity contribution in [2.45, 2.75) is 39.3 Å². The van der Waals surface area contributed by atoms with Crippen LogP contribution in [0.4, 0.5) is 0 Å². The molecule has 1 fully saturated rings. The molecule has 4 nitrogen and oxygen atoms in total. The molecule has 1 aromatic heterocycles. The van der Waals surface area contributed by atoms with Crippen molar-refractivity contribution in [1.29, 1.82) is 0 Å². The molecule has 0 radical (unpaired) electrons. The Labute approximate surface area is 107 Å². The highest BCUT2D eigenvalue weighted by Gasteiger charge is 2.29. The highest BCUT2D eigenvalue weighted by molar-refractivity contribution is 5.61. The molecule has 1 saturated carbocycles. The van der Waals surface area contributed by atoms with Crippen molar-refractivity contribution in [3.8, 4) is 11.4 Å². The zero-order valence-corrected chi connectivity index (χ0v) is 10.8. The van der Waals surface area contributed by atoms with Gasteiger partial charge in [0.2, 0.25) is 0 Å². The third-order valence-corrected chi connectivity index (χ3v) is 3.48. The van der Waals surface area contributed by atoms with Gasteiger partial charge in [0.1, 0.15) is 5.82 Å². The van der Waals surface area contributed by atoms with E-state index in [4.69, 9.17) is 5.73 Å². The van der Waals surface area contributed by atoms with Gasteiger partial charge in [0.15, 0.2) is 5.82 Å². The van der Waals surface area contributed by atoms with Crippen LogP contribution < -0.4 is 5.73 Å². The second-order valence-electron chi connectivity index (χ2n) is 5.06. The van der Waals surface area contributed by atoms with Crippen molar-refractivity contribution < 1.29 is 0 Å². The van der Waals surface area contributed by atoms with Gasteiger partial charge in [-0.1, -0.05) is 23.8 Å². The summed E-state index contributed by atoms with van der Waals surface area (Å²) in [4.78, 5) is 0. The smallest absolute Gasteiger partial charge is 0.164 e. The van der Waals surface area contributed by atoms with E-state index in [1.807, 2.05) is 0 Å². The predicted octanol–water partition coefficient (Wildman–Crippen LogP) is 2.36. The van der Waals surface area contributed by atoms with E-state index >= 15 is 0 Å². The summed E-state index contributed by atoms with van der Waals surface area (Å²) in [6, 6.07) is 6.99. The maximum atomic E-state index is 5.75.